The molecule has 1 aliphatic rings. The van der Waals surface area contributed by atoms with Crippen LogP contribution in [0.25, 0.3) is 11.0 Å². The summed E-state index contributed by atoms with van der Waals surface area (Å²) >= 11 is 0. The van der Waals surface area contributed by atoms with Gasteiger partial charge in [-0.2, -0.15) is 0 Å². The summed E-state index contributed by atoms with van der Waals surface area (Å²) in [5.41, 5.74) is 4.59. The summed E-state index contributed by atoms with van der Waals surface area (Å²) < 4.78 is 2.29. The first-order valence-corrected chi connectivity index (χ1v) is 10.6. The standard InChI is InChI=1S/C24H30N4O/c1-4-28-22-9-8-20(25-24(29)19-7-5-6-18(3)14-19)15-21(22)26-23(28)16-27-12-10-17(2)11-13-27/h5-9,14-15,17H,4,10-13,16H2,1-3H3,(H,25,29). The van der Waals surface area contributed by atoms with E-state index in [2.05, 4.69) is 34.7 Å². The molecule has 1 N–H and O–H groups in total. The molecule has 4 rings (SSSR count). The zero-order valence-corrected chi connectivity index (χ0v) is 17.6. The lowest BCUT2D eigenvalue weighted by atomic mass is 9.99. The fraction of sp³-hybridized carbons (Fsp3) is 0.417. The largest absolute Gasteiger partial charge is 0.327 e. The predicted molar refractivity (Wildman–Crippen MR) is 118 cm³/mol. The molecule has 1 fully saturated rings. The van der Waals surface area contributed by atoms with E-state index in [1.54, 1.807) is 0 Å². The Morgan fingerprint density at radius 3 is 2.69 bits per heavy atom. The topological polar surface area (TPSA) is 50.2 Å². The van der Waals surface area contributed by atoms with Gasteiger partial charge in [-0.15, -0.1) is 0 Å². The van der Waals surface area contributed by atoms with Crippen molar-refractivity contribution in [3.05, 3.63) is 59.4 Å². The van der Waals surface area contributed by atoms with Gasteiger partial charge in [-0.1, -0.05) is 24.6 Å². The Kier molecular flexibility index (Phi) is 5.67. The zero-order valence-electron chi connectivity index (χ0n) is 17.6. The molecule has 0 saturated carbocycles. The lowest BCUT2D eigenvalue weighted by Gasteiger charge is -2.29. The van der Waals surface area contributed by atoms with Gasteiger partial charge in [0, 0.05) is 17.8 Å². The number of nitrogens with one attached hydrogen (secondary N) is 1. The molecule has 1 saturated heterocycles. The first-order chi connectivity index (χ1) is 14.0. The third-order valence-electron chi connectivity index (χ3n) is 5.92. The number of fused-ring (bicyclic) bond motifs is 1. The molecular formula is C24H30N4O. The Morgan fingerprint density at radius 2 is 1.97 bits per heavy atom. The van der Waals surface area contributed by atoms with Crippen LogP contribution < -0.4 is 5.32 Å². The second kappa shape index (κ2) is 8.37. The van der Waals surface area contributed by atoms with E-state index >= 15 is 0 Å². The van der Waals surface area contributed by atoms with Crippen LogP contribution in [-0.4, -0.2) is 33.4 Å². The van der Waals surface area contributed by atoms with E-state index in [1.165, 1.54) is 12.8 Å². The van der Waals surface area contributed by atoms with Crippen molar-refractivity contribution >= 4 is 22.6 Å². The fourth-order valence-electron chi connectivity index (χ4n) is 4.14. The molecule has 152 valence electrons. The van der Waals surface area contributed by atoms with Crippen LogP contribution in [0.15, 0.2) is 42.5 Å². The van der Waals surface area contributed by atoms with Crippen molar-refractivity contribution in [2.24, 2.45) is 5.92 Å². The number of benzene rings is 2. The Labute approximate surface area is 172 Å². The average molecular weight is 391 g/mol. The van der Waals surface area contributed by atoms with E-state index in [1.807, 2.05) is 43.3 Å². The minimum Gasteiger partial charge on any atom is -0.327 e. The van der Waals surface area contributed by atoms with Crippen LogP contribution in [-0.2, 0) is 13.1 Å². The summed E-state index contributed by atoms with van der Waals surface area (Å²) in [5.74, 6) is 1.85. The third-order valence-corrected chi connectivity index (χ3v) is 5.92. The van der Waals surface area contributed by atoms with Crippen LogP contribution >= 0.6 is 0 Å². The normalized spacial score (nSPS) is 15.7. The molecule has 2 heterocycles. The summed E-state index contributed by atoms with van der Waals surface area (Å²) in [6.45, 7) is 10.6. The zero-order chi connectivity index (χ0) is 20.4. The molecule has 1 amide bonds. The summed E-state index contributed by atoms with van der Waals surface area (Å²) in [4.78, 5) is 20.0. The molecule has 29 heavy (non-hydrogen) atoms. The minimum atomic E-state index is -0.0920. The number of likely N-dealkylation sites (tertiary alicyclic amines) is 1. The first kappa shape index (κ1) is 19.6. The van der Waals surface area contributed by atoms with Crippen molar-refractivity contribution in [3.63, 3.8) is 0 Å². The monoisotopic (exact) mass is 390 g/mol. The minimum absolute atomic E-state index is 0.0920. The second-order valence-electron chi connectivity index (χ2n) is 8.26. The average Bonchev–Trinajstić information content (AvgIpc) is 3.05. The van der Waals surface area contributed by atoms with Crippen molar-refractivity contribution in [3.8, 4) is 0 Å². The van der Waals surface area contributed by atoms with Gasteiger partial charge in [0.2, 0.25) is 0 Å². The molecule has 0 bridgehead atoms. The van der Waals surface area contributed by atoms with Gasteiger partial charge in [-0.05, 0) is 76.0 Å². The molecule has 0 radical (unpaired) electrons. The molecule has 5 heteroatoms. The fourth-order valence-corrected chi connectivity index (χ4v) is 4.14. The highest BCUT2D eigenvalue weighted by molar-refractivity contribution is 6.05. The number of nitrogens with zero attached hydrogens (tertiary/aromatic N) is 3. The van der Waals surface area contributed by atoms with Gasteiger partial charge >= 0.3 is 0 Å². The van der Waals surface area contributed by atoms with Crippen molar-refractivity contribution < 1.29 is 4.79 Å². The Balaban J connectivity index is 1.55. The Morgan fingerprint density at radius 1 is 1.17 bits per heavy atom. The van der Waals surface area contributed by atoms with Gasteiger partial charge in [0.25, 0.3) is 5.91 Å². The van der Waals surface area contributed by atoms with E-state index in [4.69, 9.17) is 4.98 Å². The molecule has 0 atom stereocenters. The van der Waals surface area contributed by atoms with Crippen molar-refractivity contribution in [1.82, 2.24) is 14.5 Å². The Bertz CT molecular complexity index is 1010. The number of rotatable bonds is 5. The maximum atomic E-state index is 12.6. The third kappa shape index (κ3) is 4.35. The lowest BCUT2D eigenvalue weighted by Crippen LogP contribution is -2.33. The van der Waals surface area contributed by atoms with Crippen LogP contribution in [0.4, 0.5) is 5.69 Å². The highest BCUT2D eigenvalue weighted by Gasteiger charge is 2.19. The number of hydrogen-bond acceptors (Lipinski definition) is 3. The number of anilines is 1. The van der Waals surface area contributed by atoms with Crippen LogP contribution in [0.1, 0.15) is 48.4 Å². The molecule has 0 unspecified atom stereocenters. The van der Waals surface area contributed by atoms with Gasteiger partial charge in [0.1, 0.15) is 5.82 Å². The van der Waals surface area contributed by atoms with Gasteiger partial charge in [-0.3, -0.25) is 9.69 Å². The molecule has 1 aliphatic heterocycles. The van der Waals surface area contributed by atoms with Gasteiger partial charge in [0.15, 0.2) is 0 Å². The maximum Gasteiger partial charge on any atom is 0.255 e. The molecule has 3 aromatic rings. The number of amides is 1. The van der Waals surface area contributed by atoms with Crippen LogP contribution in [0, 0.1) is 12.8 Å². The van der Waals surface area contributed by atoms with Crippen LogP contribution in [0.2, 0.25) is 0 Å². The number of hydrogen-bond donors (Lipinski definition) is 1. The number of aromatic nitrogens is 2. The SMILES string of the molecule is CCn1c(CN2CCC(C)CC2)nc2cc(NC(=O)c3cccc(C)c3)ccc21. The molecule has 2 aromatic carbocycles. The summed E-state index contributed by atoms with van der Waals surface area (Å²) in [6, 6.07) is 13.7. The summed E-state index contributed by atoms with van der Waals surface area (Å²) in [7, 11) is 0. The smallest absolute Gasteiger partial charge is 0.255 e. The highest BCUT2D eigenvalue weighted by atomic mass is 16.1. The number of piperidine rings is 1. The van der Waals surface area contributed by atoms with Gasteiger partial charge in [-0.25, -0.2) is 4.98 Å². The first-order valence-electron chi connectivity index (χ1n) is 10.6. The van der Waals surface area contributed by atoms with E-state index in [0.717, 1.165) is 60.2 Å². The van der Waals surface area contributed by atoms with E-state index in [0.29, 0.717) is 5.56 Å². The second-order valence-corrected chi connectivity index (χ2v) is 8.26. The lowest BCUT2D eigenvalue weighted by molar-refractivity contribution is 0.102. The van der Waals surface area contributed by atoms with Gasteiger partial charge in [0.05, 0.1) is 17.6 Å². The summed E-state index contributed by atoms with van der Waals surface area (Å²) in [6.07, 6.45) is 2.53. The van der Waals surface area contributed by atoms with E-state index < -0.39 is 0 Å². The van der Waals surface area contributed by atoms with E-state index in [-0.39, 0.29) is 5.91 Å². The highest BCUT2D eigenvalue weighted by Crippen LogP contribution is 2.24. The number of carbonyl (C=O) groups excluding carboxylic acids is 1. The Hall–Kier alpha value is -2.66. The molecule has 5 nitrogen and oxygen atoms in total. The number of carbonyl (C=O) groups is 1. The predicted octanol–water partition coefficient (Wildman–Crippen LogP) is 4.85. The van der Waals surface area contributed by atoms with Crippen LogP contribution in [0.5, 0.6) is 0 Å². The maximum absolute atomic E-state index is 12.6. The summed E-state index contributed by atoms with van der Waals surface area (Å²) in [5, 5.41) is 3.01. The number of aryl methyl sites for hydroxylation is 2. The number of imidazole rings is 1. The molecular weight excluding hydrogens is 360 g/mol. The molecule has 0 aliphatic carbocycles. The van der Waals surface area contributed by atoms with Gasteiger partial charge < -0.3 is 9.88 Å². The van der Waals surface area contributed by atoms with Crippen molar-refractivity contribution in [2.45, 2.75) is 46.7 Å². The molecule has 0 spiro atoms. The van der Waals surface area contributed by atoms with Crippen molar-refractivity contribution in [1.29, 1.82) is 0 Å². The quantitative estimate of drug-likeness (QED) is 0.678. The van der Waals surface area contributed by atoms with E-state index in [9.17, 15) is 4.79 Å². The van der Waals surface area contributed by atoms with Crippen molar-refractivity contribution in [2.75, 3.05) is 18.4 Å². The van der Waals surface area contributed by atoms with Crippen LogP contribution in [0.3, 0.4) is 0 Å². The molecule has 1 aromatic heterocycles.